The molecule has 1 aliphatic rings. The first kappa shape index (κ1) is 22.5. The summed E-state index contributed by atoms with van der Waals surface area (Å²) in [5.74, 6) is 1.08. The lowest BCUT2D eigenvalue weighted by Gasteiger charge is -2.25. The largest absolute Gasteiger partial charge is 0.355 e. The number of halogens is 2. The molecule has 3 N–H and O–H groups in total. The first-order valence-electron chi connectivity index (χ1n) is 8.15. The van der Waals surface area contributed by atoms with Gasteiger partial charge in [-0.25, -0.2) is 13.1 Å². The van der Waals surface area contributed by atoms with Crippen LogP contribution in [-0.4, -0.2) is 40.3 Å². The molecule has 0 atom stereocenters. The Hall–Kier alpha value is -0.580. The second-order valence-electron chi connectivity index (χ2n) is 5.91. The molecule has 1 saturated carbocycles. The van der Waals surface area contributed by atoms with Crippen molar-refractivity contribution in [2.45, 2.75) is 25.8 Å². The van der Waals surface area contributed by atoms with Crippen molar-refractivity contribution in [3.63, 3.8) is 0 Å². The van der Waals surface area contributed by atoms with Gasteiger partial charge in [0.25, 0.3) is 0 Å². The summed E-state index contributed by atoms with van der Waals surface area (Å²) in [6.45, 7) is 1.37. The summed E-state index contributed by atoms with van der Waals surface area (Å²) in [6.07, 6.45) is 3.46. The Labute approximate surface area is 172 Å². The highest BCUT2D eigenvalue weighted by Crippen LogP contribution is 2.25. The predicted octanol–water partition coefficient (Wildman–Crippen LogP) is 2.34. The molecule has 0 unspecified atom stereocenters. The van der Waals surface area contributed by atoms with Gasteiger partial charge in [0.1, 0.15) is 0 Å². The summed E-state index contributed by atoms with van der Waals surface area (Å²) in [4.78, 5) is 4.09. The zero-order valence-electron chi connectivity index (χ0n) is 14.3. The molecule has 1 aromatic carbocycles. The van der Waals surface area contributed by atoms with Crippen molar-refractivity contribution in [2.24, 2.45) is 10.9 Å². The molecule has 2 rings (SSSR count). The quantitative estimate of drug-likeness (QED) is 0.291. The van der Waals surface area contributed by atoms with Crippen molar-refractivity contribution >= 4 is 51.6 Å². The summed E-state index contributed by atoms with van der Waals surface area (Å²) >= 11 is 6.10. The van der Waals surface area contributed by atoms with E-state index >= 15 is 0 Å². The van der Waals surface area contributed by atoms with Crippen LogP contribution in [0.3, 0.4) is 0 Å². The molecule has 9 heteroatoms. The normalized spacial score (nSPS) is 15.2. The zero-order valence-corrected chi connectivity index (χ0v) is 18.2. The van der Waals surface area contributed by atoms with E-state index in [9.17, 15) is 8.42 Å². The van der Waals surface area contributed by atoms with Gasteiger partial charge in [-0.15, -0.1) is 24.0 Å². The van der Waals surface area contributed by atoms with Gasteiger partial charge in [-0.1, -0.05) is 36.2 Å². The van der Waals surface area contributed by atoms with E-state index in [-0.39, 0.29) is 29.7 Å². The minimum atomic E-state index is -3.25. The van der Waals surface area contributed by atoms with Gasteiger partial charge in [0.15, 0.2) is 5.96 Å². The molecule has 0 aliphatic heterocycles. The molecule has 6 nitrogen and oxygen atoms in total. The Morgan fingerprint density at radius 2 is 2.00 bits per heavy atom. The van der Waals surface area contributed by atoms with Crippen molar-refractivity contribution in [2.75, 3.05) is 25.9 Å². The number of rotatable bonds is 8. The second-order valence-corrected chi connectivity index (χ2v) is 8.24. The van der Waals surface area contributed by atoms with Gasteiger partial charge in [0.2, 0.25) is 10.0 Å². The number of sulfonamides is 1. The molecule has 0 bridgehead atoms. The van der Waals surface area contributed by atoms with Crippen molar-refractivity contribution < 1.29 is 8.42 Å². The maximum absolute atomic E-state index is 11.9. The van der Waals surface area contributed by atoms with E-state index in [4.69, 9.17) is 11.6 Å². The van der Waals surface area contributed by atoms with Gasteiger partial charge in [-0.3, -0.25) is 4.99 Å². The molecule has 0 amide bonds. The topological polar surface area (TPSA) is 82.6 Å². The molecule has 0 saturated heterocycles. The zero-order chi connectivity index (χ0) is 17.4. The third kappa shape index (κ3) is 8.10. The summed E-state index contributed by atoms with van der Waals surface area (Å²) in [5, 5.41) is 6.81. The lowest BCUT2D eigenvalue weighted by Crippen LogP contribution is -2.41. The van der Waals surface area contributed by atoms with Crippen LogP contribution < -0.4 is 15.4 Å². The van der Waals surface area contributed by atoms with Crippen LogP contribution in [0.2, 0.25) is 5.02 Å². The molecule has 0 radical (unpaired) electrons. The number of hydrogen-bond acceptors (Lipinski definition) is 3. The average Bonchev–Trinajstić information content (AvgIpc) is 2.50. The Morgan fingerprint density at radius 3 is 2.60 bits per heavy atom. The van der Waals surface area contributed by atoms with E-state index in [1.54, 1.807) is 7.05 Å². The van der Waals surface area contributed by atoms with Crippen LogP contribution in [0.1, 0.15) is 24.8 Å². The molecule has 0 heterocycles. The van der Waals surface area contributed by atoms with Crippen LogP contribution >= 0.6 is 35.6 Å². The molecule has 1 aromatic rings. The van der Waals surface area contributed by atoms with Gasteiger partial charge in [-0.2, -0.15) is 0 Å². The minimum absolute atomic E-state index is 0. The number of hydrogen-bond donors (Lipinski definition) is 3. The molecule has 1 aliphatic carbocycles. The summed E-state index contributed by atoms with van der Waals surface area (Å²) < 4.78 is 26.6. The second kappa shape index (κ2) is 11.2. The summed E-state index contributed by atoms with van der Waals surface area (Å²) in [7, 11) is -1.60. The van der Waals surface area contributed by atoms with Crippen LogP contribution in [0.25, 0.3) is 0 Å². The highest BCUT2D eigenvalue weighted by atomic mass is 127. The van der Waals surface area contributed by atoms with E-state index in [1.807, 2.05) is 24.3 Å². The number of aliphatic imine (C=N–C) groups is 1. The third-order valence-corrected chi connectivity index (χ3v) is 5.82. The van der Waals surface area contributed by atoms with Crippen molar-refractivity contribution in [3.05, 3.63) is 34.9 Å². The van der Waals surface area contributed by atoms with Crippen molar-refractivity contribution in [1.82, 2.24) is 15.4 Å². The first-order valence-corrected chi connectivity index (χ1v) is 10.2. The third-order valence-electron chi connectivity index (χ3n) is 4.11. The smallest absolute Gasteiger partial charge is 0.213 e. The fourth-order valence-corrected chi connectivity index (χ4v) is 3.57. The maximum Gasteiger partial charge on any atom is 0.213 e. The maximum atomic E-state index is 11.9. The fraction of sp³-hybridized carbons (Fsp3) is 0.562. The Kier molecular flexibility index (Phi) is 10.1. The van der Waals surface area contributed by atoms with Gasteiger partial charge in [0, 0.05) is 31.7 Å². The lowest BCUT2D eigenvalue weighted by molar-refractivity contribution is 0.316. The Balaban J connectivity index is 0.00000312. The Morgan fingerprint density at radius 1 is 1.28 bits per heavy atom. The monoisotopic (exact) mass is 500 g/mol. The standard InChI is InChI=1S/C16H25ClN4O2S.HI/c1-18-16(20-12-14-7-2-3-8-15(14)17)19-9-10-24(22,23)21-11-13-5-4-6-13;/h2-3,7-8,13,21H,4-6,9-12H2,1H3,(H2,18,19,20);1H. The van der Waals surface area contributed by atoms with Crippen LogP contribution in [-0.2, 0) is 16.6 Å². The van der Waals surface area contributed by atoms with E-state index < -0.39 is 10.0 Å². The highest BCUT2D eigenvalue weighted by Gasteiger charge is 2.20. The van der Waals surface area contributed by atoms with Crippen LogP contribution in [0, 0.1) is 5.92 Å². The fourth-order valence-electron chi connectivity index (χ4n) is 2.36. The molecular formula is C16H26ClIN4O2S. The van der Waals surface area contributed by atoms with E-state index in [0.717, 1.165) is 18.4 Å². The molecule has 0 aromatic heterocycles. The van der Waals surface area contributed by atoms with Crippen LogP contribution in [0.5, 0.6) is 0 Å². The summed E-state index contributed by atoms with van der Waals surface area (Å²) in [6, 6.07) is 7.55. The molecule has 25 heavy (non-hydrogen) atoms. The van der Waals surface area contributed by atoms with E-state index in [2.05, 4.69) is 20.3 Å². The highest BCUT2D eigenvalue weighted by molar-refractivity contribution is 14.0. The number of guanidine groups is 1. The average molecular weight is 501 g/mol. The number of benzene rings is 1. The SMILES string of the molecule is CN=C(NCCS(=O)(=O)NCC1CCC1)NCc1ccccc1Cl.I. The van der Waals surface area contributed by atoms with Gasteiger partial charge in [0.05, 0.1) is 5.75 Å². The predicted molar refractivity (Wildman–Crippen MR) is 114 cm³/mol. The summed E-state index contributed by atoms with van der Waals surface area (Å²) in [5.41, 5.74) is 0.955. The van der Waals surface area contributed by atoms with Crippen molar-refractivity contribution in [3.8, 4) is 0 Å². The molecule has 0 spiro atoms. The van der Waals surface area contributed by atoms with E-state index in [1.165, 1.54) is 6.42 Å². The van der Waals surface area contributed by atoms with Gasteiger partial charge in [-0.05, 0) is 30.4 Å². The van der Waals surface area contributed by atoms with Gasteiger partial charge >= 0.3 is 0 Å². The van der Waals surface area contributed by atoms with Crippen LogP contribution in [0.4, 0.5) is 0 Å². The number of nitrogens with one attached hydrogen (secondary N) is 3. The minimum Gasteiger partial charge on any atom is -0.355 e. The van der Waals surface area contributed by atoms with Crippen LogP contribution in [0.15, 0.2) is 29.3 Å². The Bertz CT molecular complexity index is 666. The van der Waals surface area contributed by atoms with Crippen molar-refractivity contribution in [1.29, 1.82) is 0 Å². The number of nitrogens with zero attached hydrogens (tertiary/aromatic N) is 1. The molecular weight excluding hydrogens is 475 g/mol. The lowest BCUT2D eigenvalue weighted by atomic mass is 9.86. The molecule has 142 valence electrons. The molecule has 1 fully saturated rings. The van der Waals surface area contributed by atoms with Gasteiger partial charge < -0.3 is 10.6 Å². The first-order chi connectivity index (χ1) is 11.5. The van der Waals surface area contributed by atoms with E-state index in [0.29, 0.717) is 36.5 Å².